The lowest BCUT2D eigenvalue weighted by Crippen LogP contribution is -2.45. The average Bonchev–Trinajstić information content (AvgIpc) is 3.46. The summed E-state index contributed by atoms with van der Waals surface area (Å²) in [4.78, 5) is 44.0. The molecule has 230 valence electrons. The van der Waals surface area contributed by atoms with E-state index in [0.29, 0.717) is 57.6 Å². The first-order valence-electron chi connectivity index (χ1n) is 14.6. The number of halogens is 1. The Balaban J connectivity index is 1.43. The van der Waals surface area contributed by atoms with E-state index in [1.807, 2.05) is 44.2 Å². The number of nitrogens with one attached hydrogen (secondary N) is 1. The van der Waals surface area contributed by atoms with Gasteiger partial charge in [0.1, 0.15) is 12.1 Å². The van der Waals surface area contributed by atoms with Gasteiger partial charge in [-0.3, -0.25) is 9.59 Å². The molecule has 0 spiro atoms. The van der Waals surface area contributed by atoms with Crippen molar-refractivity contribution in [3.8, 4) is 11.5 Å². The standard InChI is InChI=1S/C34H36ClN3O6/c1-21(2)11-12-37(34(41)36-27-8-5-22(3)23(4)13-27)18-32(39)38(16-24-6-9-30-31(14-24)44-20-43-30)17-25-19-42-29-10-7-26(35)15-28(29)33(25)40/h5-10,13-15,19,21H,11-12,16-18,20H2,1-4H3,(H,36,41). The largest absolute Gasteiger partial charge is 0.464 e. The Morgan fingerprint density at radius 1 is 0.932 bits per heavy atom. The highest BCUT2D eigenvalue weighted by Crippen LogP contribution is 2.33. The quantitative estimate of drug-likeness (QED) is 0.208. The van der Waals surface area contributed by atoms with Crippen LogP contribution in [0.25, 0.3) is 11.0 Å². The van der Waals surface area contributed by atoms with Crippen molar-refractivity contribution in [1.82, 2.24) is 9.80 Å². The van der Waals surface area contributed by atoms with Gasteiger partial charge in [0.15, 0.2) is 16.9 Å². The van der Waals surface area contributed by atoms with Gasteiger partial charge in [-0.05, 0) is 85.3 Å². The molecule has 0 radical (unpaired) electrons. The van der Waals surface area contributed by atoms with Crippen molar-refractivity contribution in [3.63, 3.8) is 0 Å². The third-order valence-corrected chi connectivity index (χ3v) is 7.91. The van der Waals surface area contributed by atoms with Gasteiger partial charge in [-0.25, -0.2) is 4.79 Å². The van der Waals surface area contributed by atoms with Crippen LogP contribution in [-0.4, -0.2) is 41.6 Å². The van der Waals surface area contributed by atoms with Gasteiger partial charge < -0.3 is 29.0 Å². The number of hydrogen-bond acceptors (Lipinski definition) is 6. The summed E-state index contributed by atoms with van der Waals surface area (Å²) in [7, 11) is 0. The number of amides is 3. The molecule has 1 aromatic heterocycles. The molecule has 0 saturated heterocycles. The molecule has 0 atom stereocenters. The molecule has 1 aliphatic heterocycles. The number of nitrogens with zero attached hydrogens (tertiary/aromatic N) is 2. The van der Waals surface area contributed by atoms with Crippen LogP contribution in [0.4, 0.5) is 10.5 Å². The van der Waals surface area contributed by atoms with E-state index in [2.05, 4.69) is 19.2 Å². The van der Waals surface area contributed by atoms with Crippen molar-refractivity contribution >= 4 is 40.2 Å². The molecule has 0 saturated carbocycles. The molecule has 3 amide bonds. The summed E-state index contributed by atoms with van der Waals surface area (Å²) in [6.45, 7) is 8.59. The molecule has 0 fully saturated rings. The van der Waals surface area contributed by atoms with E-state index in [1.165, 1.54) is 11.2 Å². The van der Waals surface area contributed by atoms with Crippen LogP contribution < -0.4 is 20.2 Å². The third kappa shape index (κ3) is 7.34. The molecule has 2 heterocycles. The minimum atomic E-state index is -0.370. The fourth-order valence-electron chi connectivity index (χ4n) is 4.90. The fourth-order valence-corrected chi connectivity index (χ4v) is 5.07. The van der Waals surface area contributed by atoms with Crippen LogP contribution in [0.15, 0.2) is 70.1 Å². The molecular formula is C34H36ClN3O6. The molecule has 1 aliphatic rings. The molecule has 5 rings (SSSR count). The van der Waals surface area contributed by atoms with E-state index in [-0.39, 0.29) is 43.8 Å². The second kappa shape index (κ2) is 13.4. The predicted octanol–water partition coefficient (Wildman–Crippen LogP) is 6.90. The number of anilines is 1. The van der Waals surface area contributed by atoms with Crippen LogP contribution in [0.5, 0.6) is 11.5 Å². The number of hydrogen-bond donors (Lipinski definition) is 1. The maximum absolute atomic E-state index is 14.0. The van der Waals surface area contributed by atoms with Crippen LogP contribution in [0.2, 0.25) is 5.02 Å². The fraction of sp³-hybridized carbons (Fsp3) is 0.324. The lowest BCUT2D eigenvalue weighted by atomic mass is 10.1. The van der Waals surface area contributed by atoms with Crippen molar-refractivity contribution in [3.05, 3.63) is 98.4 Å². The number of carbonyl (C=O) groups is 2. The average molecular weight is 618 g/mol. The summed E-state index contributed by atoms with van der Waals surface area (Å²) in [6.07, 6.45) is 2.09. The van der Waals surface area contributed by atoms with E-state index in [1.54, 1.807) is 29.2 Å². The normalized spacial score (nSPS) is 12.0. The van der Waals surface area contributed by atoms with Crippen molar-refractivity contribution in [2.24, 2.45) is 5.92 Å². The van der Waals surface area contributed by atoms with Gasteiger partial charge >= 0.3 is 6.03 Å². The van der Waals surface area contributed by atoms with Crippen molar-refractivity contribution in [2.75, 3.05) is 25.2 Å². The van der Waals surface area contributed by atoms with Gasteiger partial charge in [-0.1, -0.05) is 37.6 Å². The number of aryl methyl sites for hydroxylation is 2. The Bertz CT molecular complexity index is 1750. The van der Waals surface area contributed by atoms with Gasteiger partial charge in [0.25, 0.3) is 0 Å². The Morgan fingerprint density at radius 3 is 2.50 bits per heavy atom. The van der Waals surface area contributed by atoms with Crippen LogP contribution in [-0.2, 0) is 17.9 Å². The molecule has 10 heteroatoms. The predicted molar refractivity (Wildman–Crippen MR) is 170 cm³/mol. The van der Waals surface area contributed by atoms with Crippen LogP contribution in [0.3, 0.4) is 0 Å². The molecule has 0 bridgehead atoms. The zero-order valence-electron chi connectivity index (χ0n) is 25.3. The summed E-state index contributed by atoms with van der Waals surface area (Å²) in [6, 6.07) is 15.6. The van der Waals surface area contributed by atoms with Crippen molar-refractivity contribution in [2.45, 2.75) is 47.2 Å². The van der Waals surface area contributed by atoms with Crippen molar-refractivity contribution in [1.29, 1.82) is 0 Å². The minimum absolute atomic E-state index is 0.0329. The Morgan fingerprint density at radius 2 is 1.73 bits per heavy atom. The van der Waals surface area contributed by atoms with Gasteiger partial charge in [0, 0.05) is 23.8 Å². The first kappa shape index (κ1) is 30.9. The Labute approximate surface area is 261 Å². The Kier molecular flexibility index (Phi) is 9.44. The van der Waals surface area contributed by atoms with E-state index in [0.717, 1.165) is 16.7 Å². The summed E-state index contributed by atoms with van der Waals surface area (Å²) in [5.74, 6) is 1.20. The second-order valence-corrected chi connectivity index (χ2v) is 11.9. The van der Waals surface area contributed by atoms with Crippen molar-refractivity contribution < 1.29 is 23.5 Å². The van der Waals surface area contributed by atoms with Gasteiger partial charge in [0.05, 0.1) is 23.8 Å². The molecule has 1 N–H and O–H groups in total. The molecule has 4 aromatic rings. The summed E-state index contributed by atoms with van der Waals surface area (Å²) < 4.78 is 16.7. The SMILES string of the molecule is Cc1ccc(NC(=O)N(CCC(C)C)CC(=O)N(Cc2ccc3c(c2)OCO3)Cc2coc3ccc(Cl)cc3c2=O)cc1C. The lowest BCUT2D eigenvalue weighted by Gasteiger charge is -2.28. The van der Waals surface area contributed by atoms with Crippen LogP contribution in [0, 0.1) is 19.8 Å². The molecule has 44 heavy (non-hydrogen) atoms. The minimum Gasteiger partial charge on any atom is -0.464 e. The van der Waals surface area contributed by atoms with Crippen LogP contribution >= 0.6 is 11.6 Å². The summed E-state index contributed by atoms with van der Waals surface area (Å²) in [5.41, 5.74) is 4.03. The van der Waals surface area contributed by atoms with Gasteiger partial charge in [-0.15, -0.1) is 0 Å². The highest BCUT2D eigenvalue weighted by molar-refractivity contribution is 6.31. The molecular weight excluding hydrogens is 582 g/mol. The van der Waals surface area contributed by atoms with E-state index in [4.69, 9.17) is 25.5 Å². The molecule has 0 aliphatic carbocycles. The summed E-state index contributed by atoms with van der Waals surface area (Å²) in [5, 5.41) is 3.69. The molecule has 3 aromatic carbocycles. The maximum Gasteiger partial charge on any atom is 0.322 e. The number of fused-ring (bicyclic) bond motifs is 2. The maximum atomic E-state index is 14.0. The summed E-state index contributed by atoms with van der Waals surface area (Å²) >= 11 is 6.16. The monoisotopic (exact) mass is 617 g/mol. The number of carbonyl (C=O) groups excluding carboxylic acids is 2. The van der Waals surface area contributed by atoms with E-state index in [9.17, 15) is 14.4 Å². The number of rotatable bonds is 10. The zero-order valence-corrected chi connectivity index (χ0v) is 26.1. The highest BCUT2D eigenvalue weighted by atomic mass is 35.5. The first-order chi connectivity index (χ1) is 21.1. The lowest BCUT2D eigenvalue weighted by molar-refractivity contribution is -0.133. The Hall–Kier alpha value is -4.50. The molecule has 9 nitrogen and oxygen atoms in total. The highest BCUT2D eigenvalue weighted by Gasteiger charge is 2.24. The second-order valence-electron chi connectivity index (χ2n) is 11.5. The number of benzene rings is 3. The topological polar surface area (TPSA) is 101 Å². The zero-order chi connectivity index (χ0) is 31.4. The smallest absolute Gasteiger partial charge is 0.322 e. The van der Waals surface area contributed by atoms with E-state index >= 15 is 0 Å². The third-order valence-electron chi connectivity index (χ3n) is 7.68. The number of urea groups is 1. The van der Waals surface area contributed by atoms with Gasteiger partial charge in [0.2, 0.25) is 12.7 Å². The molecule has 0 unspecified atom stereocenters. The first-order valence-corrected chi connectivity index (χ1v) is 14.9. The van der Waals surface area contributed by atoms with E-state index < -0.39 is 0 Å². The number of ether oxygens (including phenoxy) is 2. The van der Waals surface area contributed by atoms with Gasteiger partial charge in [-0.2, -0.15) is 0 Å². The van der Waals surface area contributed by atoms with Crippen LogP contribution in [0.1, 0.15) is 42.5 Å².